The Morgan fingerprint density at radius 2 is 2.16 bits per heavy atom. The molecule has 2 aromatic heterocycles. The van der Waals surface area contributed by atoms with Crippen molar-refractivity contribution in [1.82, 2.24) is 14.7 Å². The van der Waals surface area contributed by atoms with Gasteiger partial charge in [-0.3, -0.25) is 0 Å². The molecule has 2 aromatic rings. The van der Waals surface area contributed by atoms with Crippen molar-refractivity contribution in [3.8, 4) is 0 Å². The number of thiazole rings is 1. The van der Waals surface area contributed by atoms with Crippen molar-refractivity contribution in [2.45, 2.75) is 11.3 Å². The average Bonchev–Trinajstić information content (AvgIpc) is 2.92. The molecular weight excluding hydrogens is 286 g/mol. The summed E-state index contributed by atoms with van der Waals surface area (Å²) in [5.74, 6) is 5.56. The lowest BCUT2D eigenvalue weighted by Crippen LogP contribution is -2.26. The van der Waals surface area contributed by atoms with Crippen molar-refractivity contribution in [2.24, 2.45) is 5.84 Å². The van der Waals surface area contributed by atoms with E-state index >= 15 is 0 Å². The fourth-order valence-corrected chi connectivity index (χ4v) is 2.95. The Hall–Kier alpha value is -1.55. The van der Waals surface area contributed by atoms with Gasteiger partial charge in [0.2, 0.25) is 10.0 Å². The van der Waals surface area contributed by atoms with Gasteiger partial charge in [0.1, 0.15) is 10.7 Å². The first-order chi connectivity index (χ1) is 9.12. The highest BCUT2D eigenvalue weighted by molar-refractivity contribution is 7.89. The number of hydrogen-bond acceptors (Lipinski definition) is 7. The Kier molecular flexibility index (Phi) is 4.43. The normalized spacial score (nSPS) is 11.4. The molecule has 4 N–H and O–H groups in total. The lowest BCUT2D eigenvalue weighted by molar-refractivity contribution is 0.581. The molecule has 0 fully saturated rings. The Morgan fingerprint density at radius 1 is 1.32 bits per heavy atom. The third kappa shape index (κ3) is 3.70. The summed E-state index contributed by atoms with van der Waals surface area (Å²) in [5, 5.41) is 1.89. The molecule has 9 heteroatoms. The van der Waals surface area contributed by atoms with Crippen molar-refractivity contribution >= 4 is 27.2 Å². The number of pyridine rings is 1. The zero-order chi connectivity index (χ0) is 13.7. The third-order valence-corrected chi connectivity index (χ3v) is 4.43. The second-order valence-electron chi connectivity index (χ2n) is 3.65. The van der Waals surface area contributed by atoms with E-state index in [1.54, 1.807) is 5.51 Å². The number of nitrogen functional groups attached to an aromatic ring is 1. The number of hydrazine groups is 1. The number of anilines is 1. The molecule has 19 heavy (non-hydrogen) atoms. The van der Waals surface area contributed by atoms with Gasteiger partial charge in [-0.1, -0.05) is 0 Å². The van der Waals surface area contributed by atoms with Crippen molar-refractivity contribution in [2.75, 3.05) is 12.0 Å². The zero-order valence-corrected chi connectivity index (χ0v) is 11.5. The van der Waals surface area contributed by atoms with Crippen LogP contribution in [0.15, 0.2) is 34.1 Å². The maximum Gasteiger partial charge on any atom is 0.242 e. The van der Waals surface area contributed by atoms with Gasteiger partial charge in [0, 0.05) is 24.5 Å². The summed E-state index contributed by atoms with van der Waals surface area (Å²) in [5.41, 5.74) is 4.92. The monoisotopic (exact) mass is 299 g/mol. The number of nitrogens with two attached hydrogens (primary N) is 1. The van der Waals surface area contributed by atoms with Crippen LogP contribution in [-0.2, 0) is 16.4 Å². The first-order valence-electron chi connectivity index (χ1n) is 5.41. The summed E-state index contributed by atoms with van der Waals surface area (Å²) in [6.45, 7) is 0.295. The number of nitrogens with zero attached hydrogens (tertiary/aromatic N) is 2. The Labute approximate surface area is 114 Å². The number of hydrogen-bond donors (Lipinski definition) is 3. The van der Waals surface area contributed by atoms with Gasteiger partial charge in [0.25, 0.3) is 0 Å². The largest absolute Gasteiger partial charge is 0.308 e. The summed E-state index contributed by atoms with van der Waals surface area (Å²) in [7, 11) is -3.54. The lowest BCUT2D eigenvalue weighted by Gasteiger charge is -2.06. The molecule has 0 aliphatic carbocycles. The smallest absolute Gasteiger partial charge is 0.242 e. The highest BCUT2D eigenvalue weighted by Crippen LogP contribution is 2.10. The summed E-state index contributed by atoms with van der Waals surface area (Å²) >= 11 is 1.48. The summed E-state index contributed by atoms with van der Waals surface area (Å²) in [6, 6.07) is 2.93. The predicted molar refractivity (Wildman–Crippen MR) is 73.1 cm³/mol. The quantitative estimate of drug-likeness (QED) is 0.524. The van der Waals surface area contributed by atoms with Gasteiger partial charge in [0.15, 0.2) is 0 Å². The fourth-order valence-electron chi connectivity index (χ4n) is 1.38. The summed E-state index contributed by atoms with van der Waals surface area (Å²) in [4.78, 5) is 8.04. The van der Waals surface area contributed by atoms with Gasteiger partial charge in [-0.25, -0.2) is 29.0 Å². The maximum atomic E-state index is 11.9. The molecule has 0 radical (unpaired) electrons. The molecule has 0 spiro atoms. The number of rotatable bonds is 6. The van der Waals surface area contributed by atoms with E-state index in [1.807, 2.05) is 5.38 Å². The van der Waals surface area contributed by atoms with Crippen LogP contribution in [0.25, 0.3) is 0 Å². The van der Waals surface area contributed by atoms with E-state index in [2.05, 4.69) is 20.1 Å². The minimum absolute atomic E-state index is 0.102. The predicted octanol–water partition coefficient (Wildman–Crippen LogP) is 0.345. The van der Waals surface area contributed by atoms with E-state index < -0.39 is 10.0 Å². The Bertz CT molecular complexity index is 610. The average molecular weight is 299 g/mol. The molecule has 2 rings (SSSR count). The standard InChI is InChI=1S/C10H13N5O2S2/c11-15-10-2-1-9(5-12-10)19(16,17)14-4-3-8-6-18-7-13-8/h1-2,5-7,14H,3-4,11H2,(H,12,15). The third-order valence-electron chi connectivity index (χ3n) is 2.35. The fraction of sp³-hybridized carbons (Fsp3) is 0.200. The molecule has 0 bridgehead atoms. The van der Waals surface area contributed by atoms with Crippen LogP contribution >= 0.6 is 11.3 Å². The highest BCUT2D eigenvalue weighted by atomic mass is 32.2. The van der Waals surface area contributed by atoms with Crippen LogP contribution in [0.4, 0.5) is 5.82 Å². The van der Waals surface area contributed by atoms with E-state index in [1.165, 1.54) is 29.7 Å². The Morgan fingerprint density at radius 3 is 2.74 bits per heavy atom. The van der Waals surface area contributed by atoms with Gasteiger partial charge >= 0.3 is 0 Å². The molecule has 102 valence electrons. The van der Waals surface area contributed by atoms with Crippen LogP contribution in [0.3, 0.4) is 0 Å². The lowest BCUT2D eigenvalue weighted by atomic mass is 10.3. The van der Waals surface area contributed by atoms with E-state index in [0.29, 0.717) is 18.8 Å². The second kappa shape index (κ2) is 6.06. The van der Waals surface area contributed by atoms with Crippen LogP contribution in [0.1, 0.15) is 5.69 Å². The van der Waals surface area contributed by atoms with Crippen molar-refractivity contribution in [1.29, 1.82) is 0 Å². The van der Waals surface area contributed by atoms with Crippen LogP contribution < -0.4 is 16.0 Å². The first-order valence-corrected chi connectivity index (χ1v) is 7.84. The minimum Gasteiger partial charge on any atom is -0.308 e. The molecule has 0 saturated heterocycles. The minimum atomic E-state index is -3.54. The summed E-state index contributed by atoms with van der Waals surface area (Å²) < 4.78 is 26.4. The number of aromatic nitrogens is 2. The number of sulfonamides is 1. The van der Waals surface area contributed by atoms with Gasteiger partial charge < -0.3 is 5.43 Å². The van der Waals surface area contributed by atoms with Crippen LogP contribution in [0, 0.1) is 0 Å². The molecular formula is C10H13N5O2S2. The van der Waals surface area contributed by atoms with Crippen LogP contribution in [-0.4, -0.2) is 24.9 Å². The Balaban J connectivity index is 1.97. The van der Waals surface area contributed by atoms with Crippen LogP contribution in [0.2, 0.25) is 0 Å². The SMILES string of the molecule is NNc1ccc(S(=O)(=O)NCCc2cscn2)cn1. The molecule has 7 nitrogen and oxygen atoms in total. The van der Waals surface area contributed by atoms with E-state index in [4.69, 9.17) is 5.84 Å². The zero-order valence-electron chi connectivity index (χ0n) is 9.91. The van der Waals surface area contributed by atoms with E-state index in [9.17, 15) is 8.42 Å². The summed E-state index contributed by atoms with van der Waals surface area (Å²) in [6.07, 6.45) is 1.80. The van der Waals surface area contributed by atoms with Crippen molar-refractivity contribution in [3.05, 3.63) is 34.9 Å². The maximum absolute atomic E-state index is 11.9. The molecule has 0 unspecified atom stereocenters. The molecule has 0 aliphatic heterocycles. The molecule has 0 aliphatic rings. The van der Waals surface area contributed by atoms with Gasteiger partial charge in [0.05, 0.1) is 11.2 Å². The molecule has 0 aromatic carbocycles. The second-order valence-corrected chi connectivity index (χ2v) is 6.14. The van der Waals surface area contributed by atoms with Gasteiger partial charge in [-0.05, 0) is 12.1 Å². The number of nitrogens with one attached hydrogen (secondary N) is 2. The molecule has 0 saturated carbocycles. The van der Waals surface area contributed by atoms with Gasteiger partial charge in [-0.2, -0.15) is 0 Å². The highest BCUT2D eigenvalue weighted by Gasteiger charge is 2.13. The van der Waals surface area contributed by atoms with Gasteiger partial charge in [-0.15, -0.1) is 11.3 Å². The molecule has 2 heterocycles. The van der Waals surface area contributed by atoms with Crippen LogP contribution in [0.5, 0.6) is 0 Å². The first kappa shape index (κ1) is 13.9. The molecule has 0 atom stereocenters. The van der Waals surface area contributed by atoms with E-state index in [-0.39, 0.29) is 4.90 Å². The van der Waals surface area contributed by atoms with E-state index in [0.717, 1.165) is 5.69 Å². The topological polar surface area (TPSA) is 110 Å². The van der Waals surface area contributed by atoms with Crippen molar-refractivity contribution < 1.29 is 8.42 Å². The molecule has 0 amide bonds. The van der Waals surface area contributed by atoms with Crippen molar-refractivity contribution in [3.63, 3.8) is 0 Å².